The van der Waals surface area contributed by atoms with Crippen LogP contribution in [0.4, 0.5) is 0 Å². The molecule has 0 aromatic heterocycles. The molecular weight excluding hydrogens is 142 g/mol. The van der Waals surface area contributed by atoms with Crippen LogP contribution in [0.1, 0.15) is 13.8 Å². The first-order chi connectivity index (χ1) is 4.37. The van der Waals surface area contributed by atoms with Crippen LogP contribution in [-0.2, 0) is 0 Å². The predicted octanol–water partition coefficient (Wildman–Crippen LogP) is -0.600. The van der Waals surface area contributed by atoms with Gasteiger partial charge < -0.3 is 15.4 Å². The van der Waals surface area contributed by atoms with Crippen LogP contribution in [0.25, 0.3) is 0 Å². The molecule has 2 atom stereocenters. The molecule has 0 aliphatic heterocycles. The summed E-state index contributed by atoms with van der Waals surface area (Å²) in [6.07, 6.45) is -1.19. The van der Waals surface area contributed by atoms with Crippen molar-refractivity contribution in [1.82, 2.24) is 0 Å². The van der Waals surface area contributed by atoms with Crippen LogP contribution in [-0.4, -0.2) is 32.7 Å². The molecule has 62 valence electrons. The molecule has 3 N–H and O–H groups in total. The van der Waals surface area contributed by atoms with Crippen LogP contribution >= 0.6 is 0 Å². The molecule has 0 amide bonds. The summed E-state index contributed by atoms with van der Waals surface area (Å²) in [4.78, 5) is 8.36. The van der Waals surface area contributed by atoms with Gasteiger partial charge in [0.2, 0.25) is 0 Å². The van der Waals surface area contributed by atoms with Gasteiger partial charge in [0.25, 0.3) is 5.09 Å². The van der Waals surface area contributed by atoms with E-state index in [0.29, 0.717) is 0 Å². The second kappa shape index (κ2) is 6.24. The van der Waals surface area contributed by atoms with Gasteiger partial charge in [-0.2, -0.15) is 0 Å². The Morgan fingerprint density at radius 2 is 1.40 bits per heavy atom. The molecular formula is C4H11NO5. The molecule has 0 aromatic rings. The smallest absolute Gasteiger partial charge is 0.291 e. The Balaban J connectivity index is 0. The Morgan fingerprint density at radius 1 is 1.30 bits per heavy atom. The van der Waals surface area contributed by atoms with E-state index in [1.807, 2.05) is 0 Å². The molecule has 0 rings (SSSR count). The molecule has 2 unspecified atom stereocenters. The summed E-state index contributed by atoms with van der Waals surface area (Å²) in [6, 6.07) is 0. The summed E-state index contributed by atoms with van der Waals surface area (Å²) in [6.45, 7) is 3.09. The van der Waals surface area contributed by atoms with Gasteiger partial charge >= 0.3 is 0 Å². The average Bonchev–Trinajstić information content (AvgIpc) is 1.63. The third kappa shape index (κ3) is 27.4. The topological polar surface area (TPSA) is 104 Å². The first-order valence-electron chi connectivity index (χ1n) is 2.57. The van der Waals surface area contributed by atoms with Gasteiger partial charge in [-0.05, 0) is 13.8 Å². The molecule has 0 bridgehead atoms. The van der Waals surface area contributed by atoms with Crippen molar-refractivity contribution < 1.29 is 20.5 Å². The van der Waals surface area contributed by atoms with Crippen molar-refractivity contribution in [3.8, 4) is 0 Å². The summed E-state index contributed by atoms with van der Waals surface area (Å²) in [5, 5.41) is 30.4. The maximum absolute atomic E-state index is 8.38. The molecule has 0 saturated carbocycles. The van der Waals surface area contributed by atoms with Gasteiger partial charge in [0.1, 0.15) is 0 Å². The fraction of sp³-hybridized carbons (Fsp3) is 1.00. The maximum atomic E-state index is 8.38. The zero-order valence-electron chi connectivity index (χ0n) is 5.76. The number of rotatable bonds is 1. The van der Waals surface area contributed by atoms with Gasteiger partial charge in [0.15, 0.2) is 0 Å². The normalized spacial score (nSPS) is 14.4. The Bertz CT molecular complexity index is 81.6. The highest BCUT2D eigenvalue weighted by Gasteiger charge is 1.99. The SMILES string of the molecule is CC(O)C(C)O.O=[N+]([O-])O. The van der Waals surface area contributed by atoms with Crippen molar-refractivity contribution in [2.45, 2.75) is 26.1 Å². The van der Waals surface area contributed by atoms with Gasteiger partial charge in [-0.25, -0.2) is 0 Å². The Labute approximate surface area is 57.8 Å². The molecule has 6 nitrogen and oxygen atoms in total. The van der Waals surface area contributed by atoms with E-state index in [1.165, 1.54) is 0 Å². The number of aliphatic hydroxyl groups excluding tert-OH is 2. The zero-order chi connectivity index (χ0) is 8.73. The molecule has 6 heteroatoms. The highest BCUT2D eigenvalue weighted by atomic mass is 16.9. The lowest BCUT2D eigenvalue weighted by Crippen LogP contribution is -2.17. The summed E-state index contributed by atoms with van der Waals surface area (Å²) in [5.74, 6) is 0. The first kappa shape index (κ1) is 11.9. The molecule has 0 radical (unpaired) electrons. The molecule has 0 saturated heterocycles. The van der Waals surface area contributed by atoms with E-state index in [9.17, 15) is 0 Å². The molecule has 0 aromatic carbocycles. The first-order valence-corrected chi connectivity index (χ1v) is 2.57. The van der Waals surface area contributed by atoms with E-state index >= 15 is 0 Å². The monoisotopic (exact) mass is 153 g/mol. The molecule has 0 aliphatic carbocycles. The van der Waals surface area contributed by atoms with Gasteiger partial charge in [0, 0.05) is 0 Å². The van der Waals surface area contributed by atoms with Crippen molar-refractivity contribution in [3.05, 3.63) is 10.1 Å². The average molecular weight is 153 g/mol. The molecule has 0 heterocycles. The summed E-state index contributed by atoms with van der Waals surface area (Å²) in [5.41, 5.74) is 0. The Kier molecular flexibility index (Phi) is 7.41. The number of nitrogens with zero attached hydrogens (tertiary/aromatic N) is 1. The largest absolute Gasteiger partial charge is 0.391 e. The van der Waals surface area contributed by atoms with Gasteiger partial charge in [-0.3, -0.25) is 0 Å². The van der Waals surface area contributed by atoms with Crippen LogP contribution in [0.5, 0.6) is 0 Å². The standard InChI is InChI=1S/C4H10O2.HNO3/c1-3(5)4(2)6;2-1(3)4/h3-6H,1-2H3;(H,2,3,4). The summed E-state index contributed by atoms with van der Waals surface area (Å²) in [7, 11) is 0. The molecule has 0 fully saturated rings. The van der Waals surface area contributed by atoms with E-state index in [-0.39, 0.29) is 0 Å². The fourth-order valence-electron chi connectivity index (χ4n) is 0. The minimum Gasteiger partial charge on any atom is -0.391 e. The van der Waals surface area contributed by atoms with Gasteiger partial charge in [-0.15, -0.1) is 10.1 Å². The second-order valence-electron chi connectivity index (χ2n) is 1.72. The highest BCUT2D eigenvalue weighted by Crippen LogP contribution is 1.85. The quantitative estimate of drug-likeness (QED) is 0.344. The fourth-order valence-corrected chi connectivity index (χ4v) is 0. The van der Waals surface area contributed by atoms with Crippen LogP contribution in [0, 0.1) is 10.1 Å². The number of hydrogen-bond donors (Lipinski definition) is 3. The second-order valence-corrected chi connectivity index (χ2v) is 1.72. The van der Waals surface area contributed by atoms with E-state index in [0.717, 1.165) is 0 Å². The van der Waals surface area contributed by atoms with E-state index in [1.54, 1.807) is 13.8 Å². The van der Waals surface area contributed by atoms with Crippen molar-refractivity contribution in [3.63, 3.8) is 0 Å². The van der Waals surface area contributed by atoms with Crippen molar-refractivity contribution in [2.24, 2.45) is 0 Å². The highest BCUT2D eigenvalue weighted by molar-refractivity contribution is 4.50. The summed E-state index contributed by atoms with van der Waals surface area (Å²) < 4.78 is 0. The van der Waals surface area contributed by atoms with Crippen LogP contribution in [0.3, 0.4) is 0 Å². The predicted molar refractivity (Wildman–Crippen MR) is 32.1 cm³/mol. The maximum Gasteiger partial charge on any atom is 0.291 e. The van der Waals surface area contributed by atoms with Crippen molar-refractivity contribution in [1.29, 1.82) is 0 Å². The van der Waals surface area contributed by atoms with Gasteiger partial charge in [-0.1, -0.05) is 0 Å². The minimum absolute atomic E-state index is 0.593. The van der Waals surface area contributed by atoms with Crippen LogP contribution in [0.15, 0.2) is 0 Å². The minimum atomic E-state index is -1.50. The summed E-state index contributed by atoms with van der Waals surface area (Å²) >= 11 is 0. The van der Waals surface area contributed by atoms with Crippen molar-refractivity contribution >= 4 is 0 Å². The van der Waals surface area contributed by atoms with E-state index in [4.69, 9.17) is 25.5 Å². The molecule has 0 aliphatic rings. The Morgan fingerprint density at radius 3 is 1.40 bits per heavy atom. The van der Waals surface area contributed by atoms with Crippen molar-refractivity contribution in [2.75, 3.05) is 0 Å². The van der Waals surface area contributed by atoms with Gasteiger partial charge in [0.05, 0.1) is 12.2 Å². The van der Waals surface area contributed by atoms with Crippen LogP contribution < -0.4 is 0 Å². The number of aliphatic hydroxyl groups is 2. The van der Waals surface area contributed by atoms with Crippen LogP contribution in [0.2, 0.25) is 0 Å². The lowest BCUT2D eigenvalue weighted by Gasteiger charge is -2.03. The van der Waals surface area contributed by atoms with E-state index in [2.05, 4.69) is 0 Å². The third-order valence-electron chi connectivity index (χ3n) is 0.698. The zero-order valence-corrected chi connectivity index (χ0v) is 5.76. The Hall–Kier alpha value is -0.880. The lowest BCUT2D eigenvalue weighted by molar-refractivity contribution is -0.742. The molecule has 0 spiro atoms. The number of hydrogen-bond acceptors (Lipinski definition) is 4. The third-order valence-corrected chi connectivity index (χ3v) is 0.698. The molecule has 10 heavy (non-hydrogen) atoms. The lowest BCUT2D eigenvalue weighted by atomic mass is 10.3. The van der Waals surface area contributed by atoms with E-state index < -0.39 is 17.3 Å².